The van der Waals surface area contributed by atoms with Crippen LogP contribution in [0.25, 0.3) is 0 Å². The Morgan fingerprint density at radius 2 is 2.19 bits per heavy atom. The number of thiazole rings is 1. The van der Waals surface area contributed by atoms with Crippen molar-refractivity contribution in [3.8, 4) is 0 Å². The Balaban J connectivity index is 1.64. The summed E-state index contributed by atoms with van der Waals surface area (Å²) < 4.78 is 45.9. The molecule has 5 nitrogen and oxygen atoms in total. The number of nitrogens with one attached hydrogen (secondary N) is 1. The highest BCUT2D eigenvalue weighted by molar-refractivity contribution is 7.11. The van der Waals surface area contributed by atoms with Crippen molar-refractivity contribution in [2.45, 2.75) is 45.3 Å². The number of halogens is 3. The number of piperidine rings is 1. The van der Waals surface area contributed by atoms with Gasteiger partial charge >= 0.3 is 12.2 Å². The molecule has 26 heavy (non-hydrogen) atoms. The van der Waals surface area contributed by atoms with E-state index in [2.05, 4.69) is 10.3 Å². The van der Waals surface area contributed by atoms with E-state index in [1.807, 2.05) is 6.92 Å². The molecule has 1 atom stereocenters. The van der Waals surface area contributed by atoms with E-state index in [1.165, 1.54) is 16.2 Å². The SMILES string of the molecule is CCc1cnc(CNC(=O)N2CC[C@@H](C(F)(F)F)C3(CCOCC3)C2)s1. The van der Waals surface area contributed by atoms with Gasteiger partial charge < -0.3 is 15.0 Å². The number of rotatable bonds is 3. The summed E-state index contributed by atoms with van der Waals surface area (Å²) >= 11 is 1.54. The highest BCUT2D eigenvalue weighted by atomic mass is 32.1. The summed E-state index contributed by atoms with van der Waals surface area (Å²) in [6.45, 7) is 3.23. The van der Waals surface area contributed by atoms with E-state index in [0.29, 0.717) is 32.6 Å². The smallest absolute Gasteiger partial charge is 0.381 e. The summed E-state index contributed by atoms with van der Waals surface area (Å²) in [5, 5.41) is 3.61. The average molecular weight is 391 g/mol. The predicted octanol–water partition coefficient (Wildman–Crippen LogP) is 3.60. The minimum absolute atomic E-state index is 0.0475. The van der Waals surface area contributed by atoms with Gasteiger partial charge in [-0.1, -0.05) is 6.92 Å². The van der Waals surface area contributed by atoms with Gasteiger partial charge in [0.15, 0.2) is 0 Å². The molecule has 2 aliphatic rings. The van der Waals surface area contributed by atoms with Gasteiger partial charge in [-0.05, 0) is 25.7 Å². The standard InChI is InChI=1S/C17H24F3N3O2S/c1-2-12-9-21-14(26-12)10-22-15(24)23-6-3-13(17(18,19)20)16(11-23)4-7-25-8-5-16/h9,13H,2-8,10-11H2,1H3,(H,22,24)/t13-/m1/s1. The van der Waals surface area contributed by atoms with E-state index < -0.39 is 17.5 Å². The number of ether oxygens (including phenoxy) is 1. The van der Waals surface area contributed by atoms with Crippen molar-refractivity contribution in [2.24, 2.45) is 11.3 Å². The number of carbonyl (C=O) groups excluding carboxylic acids is 1. The lowest BCUT2D eigenvalue weighted by atomic mass is 9.66. The van der Waals surface area contributed by atoms with Crippen molar-refractivity contribution >= 4 is 17.4 Å². The molecular weight excluding hydrogens is 367 g/mol. The summed E-state index contributed by atoms with van der Waals surface area (Å²) in [7, 11) is 0. The van der Waals surface area contributed by atoms with Crippen molar-refractivity contribution in [3.63, 3.8) is 0 Å². The van der Waals surface area contributed by atoms with Crippen LogP contribution < -0.4 is 5.32 Å². The first-order valence-electron chi connectivity index (χ1n) is 8.95. The third kappa shape index (κ3) is 4.14. The third-order valence-electron chi connectivity index (χ3n) is 5.44. The number of aromatic nitrogens is 1. The molecule has 1 N–H and O–H groups in total. The molecule has 2 saturated heterocycles. The summed E-state index contributed by atoms with van der Waals surface area (Å²) in [4.78, 5) is 19.4. The number of hydrogen-bond donors (Lipinski definition) is 1. The zero-order valence-electron chi connectivity index (χ0n) is 14.8. The van der Waals surface area contributed by atoms with E-state index in [4.69, 9.17) is 4.74 Å². The topological polar surface area (TPSA) is 54.5 Å². The van der Waals surface area contributed by atoms with Crippen molar-refractivity contribution in [1.82, 2.24) is 15.2 Å². The summed E-state index contributed by atoms with van der Waals surface area (Å²) in [6.07, 6.45) is -0.925. The normalized spacial score (nSPS) is 23.2. The Hall–Kier alpha value is -1.35. The number of urea groups is 1. The zero-order valence-corrected chi connectivity index (χ0v) is 15.6. The van der Waals surface area contributed by atoms with Crippen LogP contribution >= 0.6 is 11.3 Å². The number of nitrogens with zero attached hydrogens (tertiary/aromatic N) is 2. The highest BCUT2D eigenvalue weighted by Crippen LogP contribution is 2.50. The minimum Gasteiger partial charge on any atom is -0.381 e. The van der Waals surface area contributed by atoms with Gasteiger partial charge in [0.05, 0.1) is 12.5 Å². The van der Waals surface area contributed by atoms with Crippen LogP contribution in [0.5, 0.6) is 0 Å². The van der Waals surface area contributed by atoms with Crippen LogP contribution in [0.15, 0.2) is 6.20 Å². The summed E-state index contributed by atoms with van der Waals surface area (Å²) in [5.74, 6) is -1.37. The third-order valence-corrected chi connectivity index (χ3v) is 6.59. The largest absolute Gasteiger partial charge is 0.392 e. The first-order valence-corrected chi connectivity index (χ1v) is 9.76. The van der Waals surface area contributed by atoms with Crippen LogP contribution in [0.2, 0.25) is 0 Å². The first kappa shape index (κ1) is 19.4. The maximum Gasteiger partial charge on any atom is 0.392 e. The molecule has 1 aromatic heterocycles. The molecule has 0 bridgehead atoms. The first-order chi connectivity index (χ1) is 12.3. The molecule has 1 spiro atoms. The van der Waals surface area contributed by atoms with Crippen LogP contribution in [0.1, 0.15) is 36.1 Å². The van der Waals surface area contributed by atoms with Crippen molar-refractivity contribution in [2.75, 3.05) is 26.3 Å². The van der Waals surface area contributed by atoms with Gasteiger partial charge in [-0.3, -0.25) is 0 Å². The highest BCUT2D eigenvalue weighted by Gasteiger charge is 2.56. The van der Waals surface area contributed by atoms with Crippen LogP contribution in [-0.2, 0) is 17.7 Å². The fourth-order valence-corrected chi connectivity index (χ4v) is 4.79. The van der Waals surface area contributed by atoms with Gasteiger partial charge in [-0.2, -0.15) is 13.2 Å². The second kappa shape index (κ2) is 7.72. The van der Waals surface area contributed by atoms with Gasteiger partial charge in [0, 0.05) is 42.8 Å². The minimum atomic E-state index is -4.24. The molecule has 2 amide bonds. The number of likely N-dealkylation sites (tertiary alicyclic amines) is 1. The number of hydrogen-bond acceptors (Lipinski definition) is 4. The fourth-order valence-electron chi connectivity index (χ4n) is 3.99. The maximum absolute atomic E-state index is 13.5. The summed E-state index contributed by atoms with van der Waals surface area (Å²) in [5.41, 5.74) is -0.928. The molecule has 146 valence electrons. The maximum atomic E-state index is 13.5. The molecule has 0 saturated carbocycles. The lowest BCUT2D eigenvalue weighted by molar-refractivity contribution is -0.232. The molecule has 2 aliphatic heterocycles. The molecule has 0 unspecified atom stereocenters. The summed E-state index contributed by atoms with van der Waals surface area (Å²) in [6, 6.07) is -0.315. The van der Waals surface area contributed by atoms with Gasteiger partial charge in [0.2, 0.25) is 0 Å². The van der Waals surface area contributed by atoms with E-state index in [0.717, 1.165) is 16.3 Å². The molecule has 9 heteroatoms. The number of amides is 2. The molecular formula is C17H24F3N3O2S. The van der Waals surface area contributed by atoms with Crippen molar-refractivity contribution in [1.29, 1.82) is 0 Å². The fraction of sp³-hybridized carbons (Fsp3) is 0.765. The molecule has 2 fully saturated rings. The van der Waals surface area contributed by atoms with E-state index in [9.17, 15) is 18.0 Å². The zero-order chi connectivity index (χ0) is 18.8. The monoisotopic (exact) mass is 391 g/mol. The van der Waals surface area contributed by atoms with Crippen LogP contribution in [0.4, 0.5) is 18.0 Å². The molecule has 0 aliphatic carbocycles. The number of aryl methyl sites for hydroxylation is 1. The Bertz CT molecular complexity index is 629. The van der Waals surface area contributed by atoms with E-state index in [-0.39, 0.29) is 25.5 Å². The number of carbonyl (C=O) groups is 1. The molecule has 0 radical (unpaired) electrons. The van der Waals surface area contributed by atoms with Crippen molar-refractivity contribution in [3.05, 3.63) is 16.1 Å². The van der Waals surface area contributed by atoms with Gasteiger partial charge in [0.1, 0.15) is 5.01 Å². The van der Waals surface area contributed by atoms with E-state index >= 15 is 0 Å². The Morgan fingerprint density at radius 1 is 1.46 bits per heavy atom. The van der Waals surface area contributed by atoms with E-state index in [1.54, 1.807) is 6.20 Å². The molecule has 1 aromatic rings. The van der Waals surface area contributed by atoms with Crippen molar-refractivity contribution < 1.29 is 22.7 Å². The van der Waals surface area contributed by atoms with Gasteiger partial charge in [-0.15, -0.1) is 11.3 Å². The Morgan fingerprint density at radius 3 is 2.81 bits per heavy atom. The lowest BCUT2D eigenvalue weighted by Gasteiger charge is -2.50. The molecule has 3 rings (SSSR count). The van der Waals surface area contributed by atoms with Crippen LogP contribution in [0.3, 0.4) is 0 Å². The number of alkyl halides is 3. The van der Waals surface area contributed by atoms with Crippen LogP contribution in [0, 0.1) is 11.3 Å². The average Bonchev–Trinajstić information content (AvgIpc) is 3.07. The van der Waals surface area contributed by atoms with Crippen LogP contribution in [-0.4, -0.2) is 48.4 Å². The second-order valence-electron chi connectivity index (χ2n) is 7.01. The molecule has 3 heterocycles. The Kier molecular flexibility index (Phi) is 5.76. The Labute approximate surface area is 154 Å². The molecule has 0 aromatic carbocycles. The predicted molar refractivity (Wildman–Crippen MR) is 91.9 cm³/mol. The van der Waals surface area contributed by atoms with Gasteiger partial charge in [0.25, 0.3) is 0 Å². The lowest BCUT2D eigenvalue weighted by Crippen LogP contribution is -2.58. The quantitative estimate of drug-likeness (QED) is 0.857. The second-order valence-corrected chi connectivity index (χ2v) is 8.21. The van der Waals surface area contributed by atoms with Gasteiger partial charge in [-0.25, -0.2) is 9.78 Å².